The summed E-state index contributed by atoms with van der Waals surface area (Å²) in [6, 6.07) is 4.36. The molecule has 3 aromatic rings. The van der Waals surface area contributed by atoms with Gasteiger partial charge in [0.1, 0.15) is 5.15 Å². The minimum absolute atomic E-state index is 0.0365. The van der Waals surface area contributed by atoms with Gasteiger partial charge in [0.05, 0.1) is 26.0 Å². The molecular formula is C13H9ClN4O2S. The van der Waals surface area contributed by atoms with Crippen LogP contribution in [0.15, 0.2) is 18.2 Å². The number of halogens is 1. The van der Waals surface area contributed by atoms with Gasteiger partial charge < -0.3 is 0 Å². The zero-order chi connectivity index (χ0) is 15.1. The summed E-state index contributed by atoms with van der Waals surface area (Å²) >= 11 is 7.65. The third-order valence-corrected chi connectivity index (χ3v) is 4.31. The highest BCUT2D eigenvalue weighted by Crippen LogP contribution is 2.31. The summed E-state index contributed by atoms with van der Waals surface area (Å²) in [5, 5.41) is 12.4. The highest BCUT2D eigenvalue weighted by Gasteiger charge is 2.15. The van der Waals surface area contributed by atoms with Gasteiger partial charge in [-0.05, 0) is 19.9 Å². The van der Waals surface area contributed by atoms with E-state index in [-0.39, 0.29) is 10.8 Å². The Hall–Kier alpha value is -2.12. The fraction of sp³-hybridized carbons (Fsp3) is 0.154. The number of hydrogen-bond acceptors (Lipinski definition) is 6. The number of nitro benzene ring substituents is 1. The third-order valence-electron chi connectivity index (χ3n) is 2.95. The maximum atomic E-state index is 10.8. The predicted octanol–water partition coefficient (Wildman–Crippen LogP) is 3.93. The van der Waals surface area contributed by atoms with Crippen LogP contribution in [0.3, 0.4) is 0 Å². The quantitative estimate of drug-likeness (QED) is 0.406. The average molecular weight is 321 g/mol. The van der Waals surface area contributed by atoms with Gasteiger partial charge in [-0.15, -0.1) is 11.3 Å². The number of non-ortho nitro benzene ring substituents is 1. The molecule has 0 atom stereocenters. The summed E-state index contributed by atoms with van der Waals surface area (Å²) in [6.45, 7) is 3.79. The fourth-order valence-electron chi connectivity index (χ4n) is 2.03. The first-order valence-corrected chi connectivity index (χ1v) is 7.21. The lowest BCUT2D eigenvalue weighted by atomic mass is 10.2. The molecule has 0 amide bonds. The second-order valence-electron chi connectivity index (χ2n) is 4.44. The van der Waals surface area contributed by atoms with Gasteiger partial charge >= 0.3 is 0 Å². The Morgan fingerprint density at radius 1 is 1.24 bits per heavy atom. The lowest BCUT2D eigenvalue weighted by molar-refractivity contribution is -0.384. The summed E-state index contributed by atoms with van der Waals surface area (Å²) in [4.78, 5) is 24.2. The Bertz CT molecular complexity index is 878. The number of nitro groups is 1. The van der Waals surface area contributed by atoms with Crippen LogP contribution in [0.4, 0.5) is 5.69 Å². The van der Waals surface area contributed by atoms with Crippen LogP contribution in [0.25, 0.3) is 21.6 Å². The lowest BCUT2D eigenvalue weighted by Crippen LogP contribution is -1.93. The van der Waals surface area contributed by atoms with Crippen LogP contribution in [0.2, 0.25) is 5.15 Å². The number of nitrogens with zero attached hydrogens (tertiary/aromatic N) is 4. The van der Waals surface area contributed by atoms with E-state index in [4.69, 9.17) is 11.6 Å². The lowest BCUT2D eigenvalue weighted by Gasteiger charge is -2.03. The SMILES string of the molecule is Cc1nc(C)c(-c2nc(Cl)c3cc([N+](=O)[O-])ccc3n2)s1. The molecule has 0 radical (unpaired) electrons. The molecular weight excluding hydrogens is 312 g/mol. The minimum atomic E-state index is -0.472. The number of aromatic nitrogens is 3. The Balaban J connectivity index is 2.22. The second-order valence-corrected chi connectivity index (χ2v) is 6.01. The van der Waals surface area contributed by atoms with Crippen LogP contribution in [-0.2, 0) is 0 Å². The predicted molar refractivity (Wildman–Crippen MR) is 81.8 cm³/mol. The number of thiazole rings is 1. The van der Waals surface area contributed by atoms with Crippen molar-refractivity contribution in [2.24, 2.45) is 0 Å². The van der Waals surface area contributed by atoms with Crippen molar-refractivity contribution in [1.29, 1.82) is 0 Å². The zero-order valence-corrected chi connectivity index (χ0v) is 12.7. The number of aryl methyl sites for hydroxylation is 2. The van der Waals surface area contributed by atoms with Crippen molar-refractivity contribution in [1.82, 2.24) is 15.0 Å². The van der Waals surface area contributed by atoms with Gasteiger partial charge in [-0.25, -0.2) is 15.0 Å². The van der Waals surface area contributed by atoms with Gasteiger partial charge in [-0.3, -0.25) is 10.1 Å². The first kappa shape index (κ1) is 13.8. The van der Waals surface area contributed by atoms with Crippen molar-refractivity contribution >= 4 is 39.5 Å². The minimum Gasteiger partial charge on any atom is -0.258 e. The Kier molecular flexibility index (Phi) is 3.30. The second kappa shape index (κ2) is 5.01. The molecule has 0 bridgehead atoms. The first-order valence-electron chi connectivity index (χ1n) is 6.02. The highest BCUT2D eigenvalue weighted by molar-refractivity contribution is 7.15. The molecule has 8 heteroatoms. The Morgan fingerprint density at radius 3 is 2.62 bits per heavy atom. The normalized spacial score (nSPS) is 11.0. The first-order chi connectivity index (χ1) is 9.95. The number of rotatable bonds is 2. The molecule has 3 rings (SSSR count). The van der Waals surface area contributed by atoms with E-state index in [0.717, 1.165) is 15.6 Å². The molecule has 0 fully saturated rings. The molecule has 0 aliphatic heterocycles. The molecule has 0 unspecified atom stereocenters. The van der Waals surface area contributed by atoms with Gasteiger partial charge in [0.15, 0.2) is 5.82 Å². The van der Waals surface area contributed by atoms with Crippen molar-refractivity contribution in [2.75, 3.05) is 0 Å². The molecule has 2 aromatic heterocycles. The fourth-order valence-corrected chi connectivity index (χ4v) is 3.12. The van der Waals surface area contributed by atoms with E-state index in [1.54, 1.807) is 6.07 Å². The Labute approximate surface area is 128 Å². The van der Waals surface area contributed by atoms with E-state index < -0.39 is 4.92 Å². The highest BCUT2D eigenvalue weighted by atomic mass is 35.5. The van der Waals surface area contributed by atoms with Crippen molar-refractivity contribution in [2.45, 2.75) is 13.8 Å². The van der Waals surface area contributed by atoms with Crippen molar-refractivity contribution in [3.05, 3.63) is 44.2 Å². The molecule has 2 heterocycles. The molecule has 0 spiro atoms. The van der Waals surface area contributed by atoms with Crippen LogP contribution in [0.1, 0.15) is 10.7 Å². The molecule has 0 aliphatic carbocycles. The number of fused-ring (bicyclic) bond motifs is 1. The molecule has 1 aromatic carbocycles. The van der Waals surface area contributed by atoms with Crippen LogP contribution in [0, 0.1) is 24.0 Å². The van der Waals surface area contributed by atoms with Crippen LogP contribution in [0.5, 0.6) is 0 Å². The summed E-state index contributed by atoms with van der Waals surface area (Å²) in [6.07, 6.45) is 0. The van der Waals surface area contributed by atoms with Crippen LogP contribution >= 0.6 is 22.9 Å². The van der Waals surface area contributed by atoms with Crippen LogP contribution in [-0.4, -0.2) is 19.9 Å². The summed E-state index contributed by atoms with van der Waals surface area (Å²) in [5.74, 6) is 0.490. The number of benzene rings is 1. The Morgan fingerprint density at radius 2 is 2.00 bits per heavy atom. The van der Waals surface area contributed by atoms with Gasteiger partial charge in [0.25, 0.3) is 5.69 Å². The molecule has 106 valence electrons. The summed E-state index contributed by atoms with van der Waals surface area (Å²) < 4.78 is 0. The van der Waals surface area contributed by atoms with E-state index in [2.05, 4.69) is 15.0 Å². The average Bonchev–Trinajstić information content (AvgIpc) is 2.77. The van der Waals surface area contributed by atoms with Crippen molar-refractivity contribution in [3.8, 4) is 10.7 Å². The van der Waals surface area contributed by atoms with E-state index in [9.17, 15) is 10.1 Å². The zero-order valence-electron chi connectivity index (χ0n) is 11.1. The largest absolute Gasteiger partial charge is 0.270 e. The van der Waals surface area contributed by atoms with E-state index in [1.165, 1.54) is 23.5 Å². The van der Waals surface area contributed by atoms with Crippen LogP contribution < -0.4 is 0 Å². The van der Waals surface area contributed by atoms with E-state index in [1.807, 2.05) is 13.8 Å². The van der Waals surface area contributed by atoms with E-state index in [0.29, 0.717) is 16.7 Å². The third kappa shape index (κ3) is 2.45. The van der Waals surface area contributed by atoms with E-state index >= 15 is 0 Å². The molecule has 21 heavy (non-hydrogen) atoms. The maximum absolute atomic E-state index is 10.8. The van der Waals surface area contributed by atoms with Crippen molar-refractivity contribution in [3.63, 3.8) is 0 Å². The topological polar surface area (TPSA) is 81.8 Å². The smallest absolute Gasteiger partial charge is 0.258 e. The molecule has 0 saturated heterocycles. The standard InChI is InChI=1S/C13H9ClN4O2S/c1-6-11(21-7(2)15-6)13-16-10-4-3-8(18(19)20)5-9(10)12(14)17-13/h3-5H,1-2H3. The molecule has 0 saturated carbocycles. The number of hydrogen-bond donors (Lipinski definition) is 0. The molecule has 0 N–H and O–H groups in total. The maximum Gasteiger partial charge on any atom is 0.270 e. The van der Waals surface area contributed by atoms with Gasteiger partial charge in [0, 0.05) is 17.5 Å². The van der Waals surface area contributed by atoms with Gasteiger partial charge in [-0.2, -0.15) is 0 Å². The summed E-state index contributed by atoms with van der Waals surface area (Å²) in [7, 11) is 0. The van der Waals surface area contributed by atoms with Crippen molar-refractivity contribution < 1.29 is 4.92 Å². The van der Waals surface area contributed by atoms with Gasteiger partial charge in [-0.1, -0.05) is 11.6 Å². The molecule has 0 aliphatic rings. The van der Waals surface area contributed by atoms with Gasteiger partial charge in [0.2, 0.25) is 0 Å². The monoisotopic (exact) mass is 320 g/mol. The summed E-state index contributed by atoms with van der Waals surface area (Å²) in [5.41, 5.74) is 1.38. The molecule has 6 nitrogen and oxygen atoms in total.